The molecule has 2 aliphatic heterocycles. The average molecular weight is 769 g/mol. The Labute approximate surface area is 352 Å². The lowest BCUT2D eigenvalue weighted by molar-refractivity contribution is 0.916. The Morgan fingerprint density at radius 1 is 0.367 bits per heavy atom. The van der Waals surface area contributed by atoms with Crippen molar-refractivity contribution in [3.05, 3.63) is 222 Å². The molecule has 0 atom stereocenters. The Hall–Kier alpha value is -7.16. The number of aryl methyl sites for hydroxylation is 4. The normalized spacial score (nSPS) is 14.6. The van der Waals surface area contributed by atoms with Crippen molar-refractivity contribution in [3.63, 3.8) is 0 Å². The molecule has 60 heavy (non-hydrogen) atoms. The van der Waals surface area contributed by atoms with Gasteiger partial charge in [0.1, 0.15) is 0 Å². The first-order valence-electron chi connectivity index (χ1n) is 21.6. The molecule has 0 spiro atoms. The molecule has 2 heteroatoms. The molecule has 9 aromatic carbocycles. The number of rotatable bonds is 4. The summed E-state index contributed by atoms with van der Waals surface area (Å²) in [5.74, 6) is 0. The van der Waals surface area contributed by atoms with Gasteiger partial charge in [-0.3, -0.25) is 0 Å². The third-order valence-corrected chi connectivity index (χ3v) is 13.2. The van der Waals surface area contributed by atoms with Crippen LogP contribution in [0.15, 0.2) is 200 Å². The summed E-state index contributed by atoms with van der Waals surface area (Å²) in [5.41, 5.74) is 18.3. The van der Waals surface area contributed by atoms with Gasteiger partial charge in [-0.2, -0.15) is 0 Å². The Bertz CT molecular complexity index is 3220. The standard InChI is InChI=1S/C58H44N2/c1-3-17-46(18-4-1)59-54-25-13-7-15-39(54)27-29-41-31-33-43(37-56(41)59)52-35-45-36-53(49-22-10-12-24-51(49)58(45)50-23-11-9-21-48(50)52)44-34-32-42-30-28-40-16-8-14-26-55(40)60(57(42)38-44)47-19-5-2-6-20-47/h1-5,7-19,21-26,31-38H,6,20,27-30H2. The van der Waals surface area contributed by atoms with E-state index in [2.05, 4.69) is 204 Å². The molecule has 9 aromatic rings. The van der Waals surface area contributed by atoms with E-state index in [0.29, 0.717) is 0 Å². The fourth-order valence-electron chi connectivity index (χ4n) is 10.4. The lowest BCUT2D eigenvalue weighted by Crippen LogP contribution is -2.18. The molecule has 0 aromatic heterocycles. The highest BCUT2D eigenvalue weighted by Gasteiger charge is 2.26. The predicted octanol–water partition coefficient (Wildman–Crippen LogP) is 15.5. The van der Waals surface area contributed by atoms with E-state index in [4.69, 9.17) is 0 Å². The van der Waals surface area contributed by atoms with Crippen LogP contribution >= 0.6 is 0 Å². The molecule has 0 saturated heterocycles. The summed E-state index contributed by atoms with van der Waals surface area (Å²) in [6.45, 7) is 0. The number of fused-ring (bicyclic) bond motifs is 9. The lowest BCUT2D eigenvalue weighted by atomic mass is 9.87. The summed E-state index contributed by atoms with van der Waals surface area (Å²) in [7, 11) is 0. The first kappa shape index (κ1) is 34.8. The minimum absolute atomic E-state index is 1.00. The quantitative estimate of drug-likeness (QED) is 0.165. The van der Waals surface area contributed by atoms with Gasteiger partial charge in [0, 0.05) is 34.1 Å². The van der Waals surface area contributed by atoms with Crippen molar-refractivity contribution in [2.45, 2.75) is 38.5 Å². The van der Waals surface area contributed by atoms with Crippen LogP contribution in [0, 0.1) is 0 Å². The van der Waals surface area contributed by atoms with Crippen LogP contribution < -0.4 is 9.80 Å². The van der Waals surface area contributed by atoms with E-state index in [0.717, 1.165) is 38.5 Å². The lowest BCUT2D eigenvalue weighted by Gasteiger charge is -2.31. The van der Waals surface area contributed by atoms with Gasteiger partial charge in [-0.15, -0.1) is 0 Å². The Morgan fingerprint density at radius 2 is 0.850 bits per heavy atom. The van der Waals surface area contributed by atoms with Crippen molar-refractivity contribution in [1.82, 2.24) is 0 Å². The molecule has 2 heterocycles. The second kappa shape index (κ2) is 14.3. The highest BCUT2D eigenvalue weighted by Crippen LogP contribution is 2.48. The van der Waals surface area contributed by atoms with E-state index in [1.165, 1.54) is 111 Å². The van der Waals surface area contributed by atoms with Crippen LogP contribution in [0.5, 0.6) is 0 Å². The zero-order valence-corrected chi connectivity index (χ0v) is 33.6. The minimum atomic E-state index is 1.00. The van der Waals surface area contributed by atoms with Crippen LogP contribution in [-0.4, -0.2) is 0 Å². The Balaban J connectivity index is 1.07. The van der Waals surface area contributed by atoms with Crippen LogP contribution in [0.2, 0.25) is 0 Å². The second-order valence-corrected chi connectivity index (χ2v) is 16.6. The Kier molecular flexibility index (Phi) is 8.30. The summed E-state index contributed by atoms with van der Waals surface area (Å²) < 4.78 is 0. The van der Waals surface area contributed by atoms with E-state index in [1.54, 1.807) is 0 Å². The third-order valence-electron chi connectivity index (χ3n) is 13.2. The van der Waals surface area contributed by atoms with Crippen molar-refractivity contribution in [1.29, 1.82) is 0 Å². The van der Waals surface area contributed by atoms with E-state index in [1.807, 2.05) is 0 Å². The molecule has 12 rings (SSSR count). The van der Waals surface area contributed by atoms with Crippen molar-refractivity contribution >= 4 is 60.8 Å². The fourth-order valence-corrected chi connectivity index (χ4v) is 10.4. The van der Waals surface area contributed by atoms with Gasteiger partial charge in [0.25, 0.3) is 0 Å². The third kappa shape index (κ3) is 5.70. The maximum Gasteiger partial charge on any atom is 0.0500 e. The number of para-hydroxylation sites is 3. The van der Waals surface area contributed by atoms with E-state index >= 15 is 0 Å². The second-order valence-electron chi connectivity index (χ2n) is 16.6. The molecule has 286 valence electrons. The number of hydrogen-bond acceptors (Lipinski definition) is 2. The highest BCUT2D eigenvalue weighted by molar-refractivity contribution is 6.26. The summed E-state index contributed by atoms with van der Waals surface area (Å²) >= 11 is 0. The molecule has 1 aliphatic carbocycles. The van der Waals surface area contributed by atoms with Crippen LogP contribution in [0.1, 0.15) is 35.1 Å². The average Bonchev–Trinajstić information content (AvgIpc) is 3.59. The van der Waals surface area contributed by atoms with Crippen molar-refractivity contribution in [2.24, 2.45) is 0 Å². The number of anilines is 5. The van der Waals surface area contributed by atoms with Gasteiger partial charge < -0.3 is 9.80 Å². The zero-order chi connectivity index (χ0) is 39.6. The maximum absolute atomic E-state index is 2.56. The summed E-state index contributed by atoms with van der Waals surface area (Å²) in [4.78, 5) is 5.05. The van der Waals surface area contributed by atoms with Gasteiger partial charge in [-0.05, 0) is 170 Å². The minimum Gasteiger partial charge on any atom is -0.314 e. The largest absolute Gasteiger partial charge is 0.314 e. The van der Waals surface area contributed by atoms with Gasteiger partial charge >= 0.3 is 0 Å². The number of allylic oxidation sites excluding steroid dienone is 4. The topological polar surface area (TPSA) is 6.48 Å². The summed E-state index contributed by atoms with van der Waals surface area (Å²) in [6.07, 6.45) is 13.0. The molecule has 0 fully saturated rings. The molecule has 0 radical (unpaired) electrons. The monoisotopic (exact) mass is 768 g/mol. The van der Waals surface area contributed by atoms with Crippen molar-refractivity contribution < 1.29 is 0 Å². The molecule has 2 nitrogen and oxygen atoms in total. The van der Waals surface area contributed by atoms with Crippen LogP contribution in [-0.2, 0) is 25.7 Å². The smallest absolute Gasteiger partial charge is 0.0500 e. The van der Waals surface area contributed by atoms with Gasteiger partial charge in [-0.1, -0.05) is 140 Å². The molecule has 0 N–H and O–H groups in total. The first-order valence-corrected chi connectivity index (χ1v) is 21.6. The van der Waals surface area contributed by atoms with Crippen LogP contribution in [0.4, 0.5) is 28.4 Å². The molecule has 0 saturated carbocycles. The van der Waals surface area contributed by atoms with Crippen molar-refractivity contribution in [3.8, 4) is 22.3 Å². The van der Waals surface area contributed by atoms with Crippen molar-refractivity contribution in [2.75, 3.05) is 9.80 Å². The Morgan fingerprint density at radius 3 is 1.42 bits per heavy atom. The number of benzene rings is 9. The number of hydrogen-bond donors (Lipinski definition) is 0. The van der Waals surface area contributed by atoms with E-state index in [9.17, 15) is 0 Å². The summed E-state index contributed by atoms with van der Waals surface area (Å²) in [6, 6.07) is 66.3. The molecular weight excluding hydrogens is 725 g/mol. The highest BCUT2D eigenvalue weighted by atomic mass is 15.2. The van der Waals surface area contributed by atoms with Crippen LogP contribution in [0.25, 0.3) is 54.6 Å². The molecule has 0 bridgehead atoms. The van der Waals surface area contributed by atoms with Gasteiger partial charge in [-0.25, -0.2) is 0 Å². The summed E-state index contributed by atoms with van der Waals surface area (Å²) in [5, 5.41) is 7.71. The molecule has 3 aliphatic rings. The predicted molar refractivity (Wildman–Crippen MR) is 254 cm³/mol. The molecule has 0 unspecified atom stereocenters. The number of nitrogens with zero attached hydrogens (tertiary/aromatic N) is 2. The molecular formula is C58H44N2. The fraction of sp³-hybridized carbons (Fsp3) is 0.103. The SMILES string of the molecule is C1=CCCC(N2c3ccccc3CCc3ccc(-c4cc5cc(-c6ccc7c(c6)N(c6ccccc6)c6ccccc6CC7)c6ccccc6c5c5ccccc45)cc32)=C1. The van der Waals surface area contributed by atoms with E-state index < -0.39 is 0 Å². The van der Waals surface area contributed by atoms with Gasteiger partial charge in [0.05, 0.1) is 0 Å². The van der Waals surface area contributed by atoms with Crippen LogP contribution in [0.3, 0.4) is 0 Å². The first-order chi connectivity index (χ1) is 29.8. The molecule has 0 amide bonds. The van der Waals surface area contributed by atoms with E-state index in [-0.39, 0.29) is 0 Å². The maximum atomic E-state index is 2.56. The van der Waals surface area contributed by atoms with Gasteiger partial charge in [0.15, 0.2) is 0 Å². The van der Waals surface area contributed by atoms with Gasteiger partial charge in [0.2, 0.25) is 0 Å². The zero-order valence-electron chi connectivity index (χ0n) is 33.6.